The molecule has 0 saturated carbocycles. The maximum absolute atomic E-state index is 12.7. The normalized spacial score (nSPS) is 12.4. The van der Waals surface area contributed by atoms with E-state index >= 15 is 0 Å². The molecule has 29 heavy (non-hydrogen) atoms. The average molecular weight is 418 g/mol. The van der Waals surface area contributed by atoms with Crippen molar-refractivity contribution in [1.29, 1.82) is 0 Å². The summed E-state index contributed by atoms with van der Waals surface area (Å²) in [5, 5.41) is 0. The molecule has 2 N–H and O–H groups in total. The minimum Gasteiger partial charge on any atom is -0.293 e. The first-order valence-corrected chi connectivity index (χ1v) is 11.2. The van der Waals surface area contributed by atoms with E-state index in [1.165, 1.54) is 0 Å². The maximum Gasteiger partial charge on any atom is 0.299 e. The molecule has 0 atom stereocenters. The Morgan fingerprint density at radius 3 is 2.10 bits per heavy atom. The van der Waals surface area contributed by atoms with Crippen molar-refractivity contribution < 1.29 is 13.2 Å². The Bertz CT molecular complexity index is 903. The third kappa shape index (κ3) is 7.97. The van der Waals surface area contributed by atoms with Gasteiger partial charge >= 0.3 is 0 Å². The summed E-state index contributed by atoms with van der Waals surface area (Å²) in [6, 6.07) is 16.8. The van der Waals surface area contributed by atoms with Crippen LogP contribution in [-0.4, -0.2) is 37.2 Å². The molecule has 0 aromatic heterocycles. The van der Waals surface area contributed by atoms with Crippen LogP contribution in [0.15, 0.2) is 54.6 Å². The van der Waals surface area contributed by atoms with E-state index in [1.54, 1.807) is 45.0 Å². The molecule has 2 aromatic rings. The third-order valence-electron chi connectivity index (χ3n) is 4.21. The number of nitrogens with one attached hydrogen (secondary N) is 2. The van der Waals surface area contributed by atoms with Gasteiger partial charge in [-0.1, -0.05) is 30.3 Å². The summed E-state index contributed by atoms with van der Waals surface area (Å²) in [5.41, 5.74) is 1.53. The van der Waals surface area contributed by atoms with Gasteiger partial charge in [-0.05, 0) is 64.4 Å². The van der Waals surface area contributed by atoms with Crippen molar-refractivity contribution in [2.45, 2.75) is 52.7 Å². The van der Waals surface area contributed by atoms with Crippen LogP contribution in [0.3, 0.4) is 0 Å². The lowest BCUT2D eigenvalue weighted by Crippen LogP contribution is -2.43. The molecule has 0 amide bonds. The van der Waals surface area contributed by atoms with Crippen LogP contribution in [0.2, 0.25) is 0 Å². The van der Waals surface area contributed by atoms with Crippen molar-refractivity contribution in [3.8, 4) is 0 Å². The topological polar surface area (TPSA) is 78.5 Å². The van der Waals surface area contributed by atoms with Crippen LogP contribution in [-0.2, 0) is 16.8 Å². The van der Waals surface area contributed by atoms with Crippen LogP contribution < -0.4 is 9.44 Å². The molecule has 0 radical (unpaired) electrons. The highest BCUT2D eigenvalue weighted by Crippen LogP contribution is 2.15. The minimum atomic E-state index is -3.68. The highest BCUT2D eigenvalue weighted by molar-refractivity contribution is 7.90. The number of benzene rings is 2. The summed E-state index contributed by atoms with van der Waals surface area (Å²) in [6.07, 6.45) is 0. The lowest BCUT2D eigenvalue weighted by atomic mass is 10.1. The maximum atomic E-state index is 12.7. The fourth-order valence-electron chi connectivity index (χ4n) is 2.82. The first kappa shape index (κ1) is 23.1. The number of ketones is 1. The van der Waals surface area contributed by atoms with Crippen LogP contribution in [0.5, 0.6) is 0 Å². The first-order valence-electron chi connectivity index (χ1n) is 9.68. The van der Waals surface area contributed by atoms with Gasteiger partial charge in [-0.15, -0.1) is 0 Å². The average Bonchev–Trinajstić information content (AvgIpc) is 2.60. The van der Waals surface area contributed by atoms with Crippen molar-refractivity contribution in [3.63, 3.8) is 0 Å². The van der Waals surface area contributed by atoms with Crippen LogP contribution in [0.4, 0.5) is 5.69 Å². The van der Waals surface area contributed by atoms with Gasteiger partial charge in [0.2, 0.25) is 0 Å². The number of carbonyl (C=O) groups excluding carboxylic acids is 1. The van der Waals surface area contributed by atoms with Gasteiger partial charge in [0, 0.05) is 29.4 Å². The van der Waals surface area contributed by atoms with Gasteiger partial charge < -0.3 is 0 Å². The fraction of sp³-hybridized carbons (Fsp3) is 0.409. The quantitative estimate of drug-likeness (QED) is 0.608. The van der Waals surface area contributed by atoms with E-state index in [-0.39, 0.29) is 11.8 Å². The predicted molar refractivity (Wildman–Crippen MR) is 118 cm³/mol. The fourth-order valence-corrected chi connectivity index (χ4v) is 4.13. The van der Waals surface area contributed by atoms with Gasteiger partial charge in [0.15, 0.2) is 5.78 Å². The molecule has 0 spiro atoms. The summed E-state index contributed by atoms with van der Waals surface area (Å²) >= 11 is 0. The Morgan fingerprint density at radius 1 is 1.00 bits per heavy atom. The van der Waals surface area contributed by atoms with E-state index in [4.69, 9.17) is 0 Å². The molecule has 158 valence electrons. The van der Waals surface area contributed by atoms with Gasteiger partial charge in [-0.3, -0.25) is 14.4 Å². The van der Waals surface area contributed by atoms with E-state index in [0.29, 0.717) is 24.3 Å². The van der Waals surface area contributed by atoms with E-state index in [1.807, 2.05) is 30.3 Å². The molecular formula is C22H31N3O3S. The molecule has 0 fully saturated rings. The number of hydrogen-bond donors (Lipinski definition) is 2. The van der Waals surface area contributed by atoms with E-state index in [9.17, 15) is 13.2 Å². The van der Waals surface area contributed by atoms with E-state index in [0.717, 1.165) is 5.56 Å². The van der Waals surface area contributed by atoms with Crippen molar-refractivity contribution in [3.05, 3.63) is 65.7 Å². The predicted octanol–water partition coefficient (Wildman–Crippen LogP) is 3.82. The van der Waals surface area contributed by atoms with Crippen molar-refractivity contribution in [2.24, 2.45) is 0 Å². The molecular weight excluding hydrogens is 386 g/mol. The Balaban J connectivity index is 2.03. The molecule has 0 unspecified atom stereocenters. The minimum absolute atomic E-state index is 0.00291. The van der Waals surface area contributed by atoms with Crippen LogP contribution in [0, 0.1) is 0 Å². The van der Waals surface area contributed by atoms with Crippen LogP contribution in [0.25, 0.3) is 0 Å². The number of rotatable bonds is 9. The molecule has 0 saturated heterocycles. The summed E-state index contributed by atoms with van der Waals surface area (Å²) < 4.78 is 29.3. The van der Waals surface area contributed by atoms with Crippen LogP contribution in [0.1, 0.15) is 50.5 Å². The molecule has 0 heterocycles. The number of nitrogens with zero attached hydrogens (tertiary/aromatic N) is 1. The van der Waals surface area contributed by atoms with Gasteiger partial charge in [0.1, 0.15) is 0 Å². The molecule has 0 aliphatic heterocycles. The highest BCUT2D eigenvalue weighted by Gasteiger charge is 2.20. The van der Waals surface area contributed by atoms with Crippen molar-refractivity contribution in [1.82, 2.24) is 9.62 Å². The lowest BCUT2D eigenvalue weighted by molar-refractivity contribution is 0.0898. The third-order valence-corrected chi connectivity index (χ3v) is 5.59. The summed E-state index contributed by atoms with van der Waals surface area (Å²) in [4.78, 5) is 14.9. The largest absolute Gasteiger partial charge is 0.299 e. The molecule has 0 aliphatic carbocycles. The molecule has 2 rings (SSSR count). The molecule has 7 heteroatoms. The molecule has 2 aromatic carbocycles. The number of anilines is 1. The number of hydrogen-bond acceptors (Lipinski definition) is 4. The lowest BCUT2D eigenvalue weighted by Gasteiger charge is -2.26. The zero-order valence-electron chi connectivity index (χ0n) is 17.8. The van der Waals surface area contributed by atoms with Gasteiger partial charge in [-0.2, -0.15) is 13.1 Å². The van der Waals surface area contributed by atoms with Crippen LogP contribution >= 0.6 is 0 Å². The first-order chi connectivity index (χ1) is 13.5. The second-order valence-electron chi connectivity index (χ2n) is 8.44. The smallest absolute Gasteiger partial charge is 0.293 e. The van der Waals surface area contributed by atoms with Crippen molar-refractivity contribution >= 4 is 21.7 Å². The highest BCUT2D eigenvalue weighted by atomic mass is 32.2. The second kappa shape index (κ2) is 9.52. The van der Waals surface area contributed by atoms with Gasteiger partial charge in [0.25, 0.3) is 10.2 Å². The standard InChI is InChI=1S/C22H31N3O3S/c1-17(2)25(15-18-9-7-6-8-10-18)16-21(26)19-11-13-20(14-12-19)23-29(27,28)24-22(3,4)5/h6-14,17,23-24H,15-16H2,1-5H3. The molecule has 0 bridgehead atoms. The molecule has 6 nitrogen and oxygen atoms in total. The van der Waals surface area contributed by atoms with Gasteiger partial charge in [0.05, 0.1) is 6.54 Å². The second-order valence-corrected chi connectivity index (χ2v) is 9.86. The van der Waals surface area contributed by atoms with E-state index in [2.05, 4.69) is 28.2 Å². The summed E-state index contributed by atoms with van der Waals surface area (Å²) in [7, 11) is -3.68. The summed E-state index contributed by atoms with van der Waals surface area (Å²) in [5.74, 6) is -0.00291. The Hall–Kier alpha value is -2.22. The van der Waals surface area contributed by atoms with E-state index < -0.39 is 15.7 Å². The van der Waals surface area contributed by atoms with Crippen molar-refractivity contribution in [2.75, 3.05) is 11.3 Å². The Morgan fingerprint density at radius 2 is 1.59 bits per heavy atom. The number of carbonyl (C=O) groups is 1. The number of Topliss-reactive ketones (excluding diaryl/α,β-unsaturated/α-hetero) is 1. The SMILES string of the molecule is CC(C)N(CC(=O)c1ccc(NS(=O)(=O)NC(C)(C)C)cc1)Cc1ccccc1. The zero-order valence-corrected chi connectivity index (χ0v) is 18.6. The van der Waals surface area contributed by atoms with Gasteiger partial charge in [-0.25, -0.2) is 0 Å². The Kier molecular flexibility index (Phi) is 7.57. The zero-order chi connectivity index (χ0) is 21.7. The molecule has 0 aliphatic rings. The summed E-state index contributed by atoms with van der Waals surface area (Å²) in [6.45, 7) is 10.4. The Labute approximate surface area is 174 Å². The monoisotopic (exact) mass is 417 g/mol.